The maximum Gasteiger partial charge on any atom is 0.303 e. The normalized spacial score (nSPS) is 11.8. The molecule has 0 aromatic heterocycles. The van der Waals surface area contributed by atoms with Gasteiger partial charge in [-0.3, -0.25) is 9.59 Å². The summed E-state index contributed by atoms with van der Waals surface area (Å²) in [6, 6.07) is 9.64. The average molecular weight is 252 g/mol. The minimum atomic E-state index is -1.68. The molecule has 0 amide bonds. The third-order valence-electron chi connectivity index (χ3n) is 2.35. The van der Waals surface area contributed by atoms with Gasteiger partial charge in [-0.1, -0.05) is 30.3 Å². The van der Waals surface area contributed by atoms with Crippen LogP contribution < -0.4 is 5.19 Å². The molecule has 0 radical (unpaired) electrons. The van der Waals surface area contributed by atoms with E-state index in [1.807, 2.05) is 36.9 Å². The predicted octanol–water partition coefficient (Wildman–Crippen LogP) is 1.05. The number of carbonyl (C=O) groups is 2. The summed E-state index contributed by atoms with van der Waals surface area (Å²) in [5, 5.41) is 9.51. The fourth-order valence-corrected chi connectivity index (χ4v) is 2.84. The Bertz CT molecular complexity index is 377. The molecule has 0 saturated heterocycles. The summed E-state index contributed by atoms with van der Waals surface area (Å²) < 4.78 is 5.33. The summed E-state index contributed by atoms with van der Waals surface area (Å²) >= 11 is 0. The van der Waals surface area contributed by atoms with Crippen molar-refractivity contribution in [3.05, 3.63) is 30.3 Å². The Kier molecular flexibility index (Phi) is 5.42. The van der Waals surface area contributed by atoms with E-state index in [4.69, 9.17) is 9.53 Å². The zero-order valence-electron chi connectivity index (χ0n) is 9.76. The fraction of sp³-hybridized carbons (Fsp3) is 0.333. The number of carboxylic acid groups (broad SMARTS) is 1. The molecule has 1 atom stereocenters. The lowest BCUT2D eigenvalue weighted by atomic mass is 10.2. The van der Waals surface area contributed by atoms with Crippen molar-refractivity contribution < 1.29 is 19.1 Å². The SMILES string of the molecule is C[SiH](OC(=O)CCCC(=O)O)c1ccccc1. The predicted molar refractivity (Wildman–Crippen MR) is 66.7 cm³/mol. The van der Waals surface area contributed by atoms with Gasteiger partial charge < -0.3 is 9.53 Å². The summed E-state index contributed by atoms with van der Waals surface area (Å²) in [5.74, 6) is -1.18. The Balaban J connectivity index is 2.34. The van der Waals surface area contributed by atoms with Crippen molar-refractivity contribution in [1.29, 1.82) is 0 Å². The first-order valence-electron chi connectivity index (χ1n) is 5.56. The number of hydrogen-bond donors (Lipinski definition) is 1. The van der Waals surface area contributed by atoms with Crippen LogP contribution in [0, 0.1) is 0 Å². The van der Waals surface area contributed by atoms with Crippen LogP contribution in [-0.4, -0.2) is 26.1 Å². The van der Waals surface area contributed by atoms with E-state index in [0.29, 0.717) is 6.42 Å². The highest BCUT2D eigenvalue weighted by Gasteiger charge is 2.13. The Morgan fingerprint density at radius 3 is 2.47 bits per heavy atom. The lowest BCUT2D eigenvalue weighted by molar-refractivity contribution is -0.137. The summed E-state index contributed by atoms with van der Waals surface area (Å²) in [4.78, 5) is 21.7. The first kappa shape index (κ1) is 13.4. The van der Waals surface area contributed by atoms with Gasteiger partial charge in [0.15, 0.2) is 0 Å². The number of hydrogen-bond acceptors (Lipinski definition) is 3. The molecule has 0 aliphatic carbocycles. The van der Waals surface area contributed by atoms with Gasteiger partial charge in [-0.15, -0.1) is 0 Å². The van der Waals surface area contributed by atoms with Crippen LogP contribution in [0.3, 0.4) is 0 Å². The summed E-state index contributed by atoms with van der Waals surface area (Å²) in [6.07, 6.45) is 0.525. The number of aliphatic carboxylic acids is 1. The molecule has 4 nitrogen and oxygen atoms in total. The fourth-order valence-electron chi connectivity index (χ4n) is 1.43. The second-order valence-corrected chi connectivity index (χ2v) is 5.98. The lowest BCUT2D eigenvalue weighted by Crippen LogP contribution is -2.32. The molecule has 1 aromatic carbocycles. The molecular weight excluding hydrogens is 236 g/mol. The Morgan fingerprint density at radius 2 is 1.88 bits per heavy atom. The van der Waals surface area contributed by atoms with Crippen LogP contribution in [0.2, 0.25) is 6.55 Å². The molecule has 0 fully saturated rings. The quantitative estimate of drug-likeness (QED) is 0.769. The van der Waals surface area contributed by atoms with E-state index in [2.05, 4.69) is 0 Å². The first-order chi connectivity index (χ1) is 8.09. The van der Waals surface area contributed by atoms with Crippen molar-refractivity contribution in [1.82, 2.24) is 0 Å². The minimum absolute atomic E-state index is 0.0103. The lowest BCUT2D eigenvalue weighted by Gasteiger charge is -2.11. The van der Waals surface area contributed by atoms with E-state index >= 15 is 0 Å². The van der Waals surface area contributed by atoms with Crippen LogP contribution in [0.1, 0.15) is 19.3 Å². The zero-order valence-corrected chi connectivity index (χ0v) is 10.9. The Labute approximate surface area is 102 Å². The van der Waals surface area contributed by atoms with Crippen LogP contribution in [0.15, 0.2) is 30.3 Å². The van der Waals surface area contributed by atoms with Crippen molar-refractivity contribution in [3.63, 3.8) is 0 Å². The highest BCUT2D eigenvalue weighted by Crippen LogP contribution is 2.00. The second-order valence-electron chi connectivity index (χ2n) is 3.79. The molecule has 1 N–H and O–H groups in total. The molecule has 0 bridgehead atoms. The van der Waals surface area contributed by atoms with Crippen molar-refractivity contribution in [2.75, 3.05) is 0 Å². The van der Waals surface area contributed by atoms with Gasteiger partial charge in [0.2, 0.25) is 0 Å². The van der Waals surface area contributed by atoms with Gasteiger partial charge in [0.05, 0.1) is 0 Å². The monoisotopic (exact) mass is 252 g/mol. The zero-order chi connectivity index (χ0) is 12.7. The molecule has 0 aliphatic heterocycles. The second kappa shape index (κ2) is 6.85. The molecule has 0 spiro atoms. The molecule has 17 heavy (non-hydrogen) atoms. The molecule has 1 unspecified atom stereocenters. The van der Waals surface area contributed by atoms with E-state index in [9.17, 15) is 9.59 Å². The van der Waals surface area contributed by atoms with Gasteiger partial charge in [-0.25, -0.2) is 0 Å². The standard InChI is InChI=1S/C12H16O4Si/c1-17(10-6-3-2-4-7-10)16-12(15)9-5-8-11(13)14/h2-4,6-7,17H,5,8-9H2,1H3,(H,13,14). The number of rotatable bonds is 6. The summed E-state index contributed by atoms with van der Waals surface area (Å²) in [6.45, 7) is 1.93. The molecule has 92 valence electrons. The molecule has 0 aliphatic rings. The number of carbonyl (C=O) groups excluding carboxylic acids is 1. The van der Waals surface area contributed by atoms with Crippen molar-refractivity contribution in [2.24, 2.45) is 0 Å². The van der Waals surface area contributed by atoms with Crippen molar-refractivity contribution in [2.45, 2.75) is 25.8 Å². The van der Waals surface area contributed by atoms with Gasteiger partial charge in [0.25, 0.3) is 15.0 Å². The summed E-state index contributed by atoms with van der Waals surface area (Å²) in [5.41, 5.74) is 0. The highest BCUT2D eigenvalue weighted by molar-refractivity contribution is 6.67. The maximum absolute atomic E-state index is 11.4. The maximum atomic E-state index is 11.4. The van der Waals surface area contributed by atoms with Gasteiger partial charge in [0, 0.05) is 12.8 Å². The minimum Gasteiger partial charge on any atom is -0.518 e. The van der Waals surface area contributed by atoms with Crippen molar-refractivity contribution >= 4 is 26.2 Å². The smallest absolute Gasteiger partial charge is 0.303 e. The molecule has 0 saturated carbocycles. The van der Waals surface area contributed by atoms with Crippen LogP contribution in [0.4, 0.5) is 0 Å². The van der Waals surface area contributed by atoms with E-state index < -0.39 is 15.0 Å². The Hall–Kier alpha value is -1.62. The van der Waals surface area contributed by atoms with E-state index in [-0.39, 0.29) is 18.8 Å². The third-order valence-corrected chi connectivity index (χ3v) is 4.29. The largest absolute Gasteiger partial charge is 0.518 e. The summed E-state index contributed by atoms with van der Waals surface area (Å²) in [7, 11) is -1.68. The molecule has 1 rings (SSSR count). The number of benzene rings is 1. The van der Waals surface area contributed by atoms with Gasteiger partial charge in [0.1, 0.15) is 0 Å². The van der Waals surface area contributed by atoms with Crippen LogP contribution in [-0.2, 0) is 14.0 Å². The average Bonchev–Trinajstić information content (AvgIpc) is 2.29. The molecule has 0 heterocycles. The van der Waals surface area contributed by atoms with Crippen molar-refractivity contribution in [3.8, 4) is 0 Å². The van der Waals surface area contributed by atoms with Crippen LogP contribution >= 0.6 is 0 Å². The highest BCUT2D eigenvalue weighted by atomic mass is 28.3. The first-order valence-corrected chi connectivity index (χ1v) is 7.76. The number of carboxylic acids is 1. The molecular formula is C12H16O4Si. The van der Waals surface area contributed by atoms with E-state index in [1.165, 1.54) is 0 Å². The van der Waals surface area contributed by atoms with Crippen LogP contribution in [0.25, 0.3) is 0 Å². The van der Waals surface area contributed by atoms with Gasteiger partial charge >= 0.3 is 5.97 Å². The van der Waals surface area contributed by atoms with E-state index in [1.54, 1.807) is 0 Å². The molecule has 1 aromatic rings. The van der Waals surface area contributed by atoms with Gasteiger partial charge in [-0.05, 0) is 18.2 Å². The van der Waals surface area contributed by atoms with E-state index in [0.717, 1.165) is 5.19 Å². The Morgan fingerprint density at radius 1 is 1.24 bits per heavy atom. The van der Waals surface area contributed by atoms with Crippen LogP contribution in [0.5, 0.6) is 0 Å². The van der Waals surface area contributed by atoms with Gasteiger partial charge in [-0.2, -0.15) is 0 Å². The molecule has 5 heteroatoms. The third kappa shape index (κ3) is 5.30. The topological polar surface area (TPSA) is 63.6 Å².